The monoisotopic (exact) mass is 382 g/mol. The molecule has 0 aromatic heterocycles. The van der Waals surface area contributed by atoms with Crippen LogP contribution < -0.4 is 15.0 Å². The summed E-state index contributed by atoms with van der Waals surface area (Å²) in [6.07, 6.45) is -0.00639. The van der Waals surface area contributed by atoms with E-state index in [-0.39, 0.29) is 29.9 Å². The Balaban J connectivity index is 2.15. The van der Waals surface area contributed by atoms with Crippen molar-refractivity contribution in [3.63, 3.8) is 0 Å². The van der Waals surface area contributed by atoms with Crippen LogP contribution in [-0.2, 0) is 15.0 Å². The summed E-state index contributed by atoms with van der Waals surface area (Å²) < 4.78 is 5.73. The molecule has 5 heteroatoms. The molecule has 0 fully saturated rings. The molecule has 0 radical (unpaired) electrons. The number of anilines is 2. The summed E-state index contributed by atoms with van der Waals surface area (Å²) in [6.45, 7) is 11.6. The van der Waals surface area contributed by atoms with Gasteiger partial charge in [0.1, 0.15) is 12.3 Å². The third kappa shape index (κ3) is 5.84. The van der Waals surface area contributed by atoms with Gasteiger partial charge < -0.3 is 15.0 Å². The fourth-order valence-electron chi connectivity index (χ4n) is 2.79. The van der Waals surface area contributed by atoms with Gasteiger partial charge in [0.2, 0.25) is 11.8 Å². The summed E-state index contributed by atoms with van der Waals surface area (Å²) in [5, 5.41) is 2.85. The maximum atomic E-state index is 12.6. The lowest BCUT2D eigenvalue weighted by Crippen LogP contribution is -2.36. The average molecular weight is 383 g/mol. The molecule has 0 aliphatic rings. The molecule has 0 saturated carbocycles. The maximum Gasteiger partial charge on any atom is 0.244 e. The van der Waals surface area contributed by atoms with Crippen molar-refractivity contribution in [2.75, 3.05) is 16.8 Å². The topological polar surface area (TPSA) is 58.6 Å². The Kier molecular flexibility index (Phi) is 6.84. The third-order valence-electron chi connectivity index (χ3n) is 4.25. The summed E-state index contributed by atoms with van der Waals surface area (Å²) >= 11 is 0. The first-order valence-corrected chi connectivity index (χ1v) is 9.52. The van der Waals surface area contributed by atoms with E-state index in [0.29, 0.717) is 17.1 Å². The minimum atomic E-state index is -0.282. The molecule has 0 aliphatic heterocycles. The quantitative estimate of drug-likeness (QED) is 0.783. The van der Waals surface area contributed by atoms with Crippen molar-refractivity contribution in [3.8, 4) is 5.75 Å². The van der Waals surface area contributed by atoms with Crippen LogP contribution >= 0.6 is 0 Å². The van der Waals surface area contributed by atoms with Crippen LogP contribution in [0.15, 0.2) is 48.5 Å². The Bertz CT molecular complexity index is 820. The smallest absolute Gasteiger partial charge is 0.244 e. The van der Waals surface area contributed by atoms with Crippen LogP contribution in [0, 0.1) is 0 Å². The summed E-state index contributed by atoms with van der Waals surface area (Å²) in [7, 11) is 0. The van der Waals surface area contributed by atoms with Crippen LogP contribution in [-0.4, -0.2) is 24.5 Å². The highest BCUT2D eigenvalue weighted by Crippen LogP contribution is 2.26. The van der Waals surface area contributed by atoms with E-state index >= 15 is 0 Å². The van der Waals surface area contributed by atoms with Gasteiger partial charge in [-0.2, -0.15) is 0 Å². The van der Waals surface area contributed by atoms with E-state index in [4.69, 9.17) is 4.74 Å². The van der Waals surface area contributed by atoms with E-state index in [1.807, 2.05) is 56.3 Å². The highest BCUT2D eigenvalue weighted by molar-refractivity contribution is 6.02. The van der Waals surface area contributed by atoms with E-state index in [0.717, 1.165) is 0 Å². The molecule has 0 unspecified atom stereocenters. The van der Waals surface area contributed by atoms with Gasteiger partial charge in [0, 0.05) is 12.6 Å². The van der Waals surface area contributed by atoms with E-state index in [2.05, 4.69) is 26.1 Å². The number of hydrogen-bond donors (Lipinski definition) is 1. The van der Waals surface area contributed by atoms with Crippen LogP contribution in [0.3, 0.4) is 0 Å². The molecule has 2 rings (SSSR count). The first-order chi connectivity index (χ1) is 13.1. The van der Waals surface area contributed by atoms with Crippen molar-refractivity contribution in [1.82, 2.24) is 0 Å². The first kappa shape index (κ1) is 21.5. The van der Waals surface area contributed by atoms with Crippen molar-refractivity contribution in [3.05, 3.63) is 54.1 Å². The lowest BCUT2D eigenvalue weighted by atomic mass is 9.87. The molecule has 0 bridgehead atoms. The number of nitrogens with one attached hydrogen (secondary N) is 1. The standard InChI is InChI=1S/C23H30N2O3/c1-16(2)28-21-10-8-7-9-20(21)24-22(27)15-25(17(3)26)19-13-11-18(12-14-19)23(4,5)6/h7-14,16H,15H2,1-6H3,(H,24,27). The molecule has 0 heterocycles. The summed E-state index contributed by atoms with van der Waals surface area (Å²) in [4.78, 5) is 26.2. The molecule has 2 aromatic rings. The Morgan fingerprint density at radius 1 is 1.04 bits per heavy atom. The average Bonchev–Trinajstić information content (AvgIpc) is 2.60. The summed E-state index contributed by atoms with van der Waals surface area (Å²) in [5.41, 5.74) is 2.48. The van der Waals surface area contributed by atoms with Crippen molar-refractivity contribution in [2.24, 2.45) is 0 Å². The fourth-order valence-corrected chi connectivity index (χ4v) is 2.79. The Labute approximate surface area is 167 Å². The normalized spacial score (nSPS) is 11.2. The van der Waals surface area contributed by atoms with Crippen molar-refractivity contribution < 1.29 is 14.3 Å². The van der Waals surface area contributed by atoms with Gasteiger partial charge >= 0.3 is 0 Å². The number of carbonyl (C=O) groups is 2. The second-order valence-corrected chi connectivity index (χ2v) is 8.11. The van der Waals surface area contributed by atoms with Gasteiger partial charge in [0.15, 0.2) is 0 Å². The predicted octanol–water partition coefficient (Wildman–Crippen LogP) is 4.76. The molecular formula is C23H30N2O3. The highest BCUT2D eigenvalue weighted by Gasteiger charge is 2.19. The maximum absolute atomic E-state index is 12.6. The second-order valence-electron chi connectivity index (χ2n) is 8.11. The number of para-hydroxylation sites is 2. The molecular weight excluding hydrogens is 352 g/mol. The SMILES string of the molecule is CC(=O)N(CC(=O)Nc1ccccc1OC(C)C)c1ccc(C(C)(C)C)cc1. The summed E-state index contributed by atoms with van der Waals surface area (Å²) in [6, 6.07) is 15.0. The molecule has 2 aromatic carbocycles. The van der Waals surface area contributed by atoms with Gasteiger partial charge in [-0.1, -0.05) is 45.0 Å². The van der Waals surface area contributed by atoms with E-state index in [1.54, 1.807) is 6.07 Å². The third-order valence-corrected chi connectivity index (χ3v) is 4.25. The molecule has 0 spiro atoms. The van der Waals surface area contributed by atoms with Crippen LogP contribution in [0.25, 0.3) is 0 Å². The number of amides is 2. The fraction of sp³-hybridized carbons (Fsp3) is 0.391. The summed E-state index contributed by atoms with van der Waals surface area (Å²) in [5.74, 6) is 0.134. The van der Waals surface area contributed by atoms with Crippen LogP contribution in [0.5, 0.6) is 5.75 Å². The zero-order valence-corrected chi connectivity index (χ0v) is 17.6. The van der Waals surface area contributed by atoms with Crippen molar-refractivity contribution >= 4 is 23.2 Å². The zero-order valence-electron chi connectivity index (χ0n) is 17.6. The minimum absolute atomic E-state index is 0.00639. The molecule has 0 saturated heterocycles. The minimum Gasteiger partial charge on any atom is -0.489 e. The largest absolute Gasteiger partial charge is 0.489 e. The molecule has 150 valence electrons. The number of carbonyl (C=O) groups excluding carboxylic acids is 2. The molecule has 0 aliphatic carbocycles. The molecule has 28 heavy (non-hydrogen) atoms. The van der Waals surface area contributed by atoms with Crippen LogP contribution in [0.4, 0.5) is 11.4 Å². The van der Waals surface area contributed by atoms with E-state index in [1.165, 1.54) is 17.4 Å². The van der Waals surface area contributed by atoms with Gasteiger partial charge in [-0.15, -0.1) is 0 Å². The van der Waals surface area contributed by atoms with Gasteiger partial charge in [-0.3, -0.25) is 9.59 Å². The van der Waals surface area contributed by atoms with Crippen molar-refractivity contribution in [1.29, 1.82) is 0 Å². The lowest BCUT2D eigenvalue weighted by molar-refractivity contribution is -0.120. The predicted molar refractivity (Wildman–Crippen MR) is 114 cm³/mol. The number of benzene rings is 2. The Morgan fingerprint density at radius 2 is 1.64 bits per heavy atom. The number of hydrogen-bond acceptors (Lipinski definition) is 3. The van der Waals surface area contributed by atoms with Gasteiger partial charge in [-0.05, 0) is 49.1 Å². The molecule has 0 atom stereocenters. The van der Waals surface area contributed by atoms with Crippen molar-refractivity contribution in [2.45, 2.75) is 53.1 Å². The zero-order chi connectivity index (χ0) is 20.9. The van der Waals surface area contributed by atoms with Gasteiger partial charge in [0.05, 0.1) is 11.8 Å². The molecule has 5 nitrogen and oxygen atoms in total. The lowest BCUT2D eigenvalue weighted by Gasteiger charge is -2.24. The van der Waals surface area contributed by atoms with Gasteiger partial charge in [0.25, 0.3) is 0 Å². The Hall–Kier alpha value is -2.82. The number of rotatable bonds is 6. The highest BCUT2D eigenvalue weighted by atomic mass is 16.5. The molecule has 1 N–H and O–H groups in total. The number of ether oxygens (including phenoxy) is 1. The number of nitrogens with zero attached hydrogens (tertiary/aromatic N) is 1. The van der Waals surface area contributed by atoms with E-state index in [9.17, 15) is 9.59 Å². The van der Waals surface area contributed by atoms with Crippen LogP contribution in [0.2, 0.25) is 0 Å². The Morgan fingerprint density at radius 3 is 2.18 bits per heavy atom. The van der Waals surface area contributed by atoms with Gasteiger partial charge in [-0.25, -0.2) is 0 Å². The van der Waals surface area contributed by atoms with Crippen LogP contribution in [0.1, 0.15) is 47.1 Å². The first-order valence-electron chi connectivity index (χ1n) is 9.52. The van der Waals surface area contributed by atoms with E-state index < -0.39 is 0 Å². The molecule has 2 amide bonds. The second kappa shape index (κ2) is 8.91.